The number of rotatable bonds is 4. The average molecular weight is 335 g/mol. The summed E-state index contributed by atoms with van der Waals surface area (Å²) in [7, 11) is -5.71. The Morgan fingerprint density at radius 2 is 1.82 bits per heavy atom. The molecular weight excluding hydrogens is 319 g/mol. The zero-order valence-electron chi connectivity index (χ0n) is 11.7. The van der Waals surface area contributed by atoms with E-state index in [1.807, 2.05) is 0 Å². The second kappa shape index (κ2) is 5.58. The van der Waals surface area contributed by atoms with Crippen molar-refractivity contribution in [1.82, 2.24) is 5.32 Å². The molecule has 1 aliphatic heterocycles. The molecule has 1 N–H and O–H groups in total. The molecular formula is C14H16F3NO3S. The van der Waals surface area contributed by atoms with Gasteiger partial charge in [0.15, 0.2) is 0 Å². The highest BCUT2D eigenvalue weighted by atomic mass is 32.2. The van der Waals surface area contributed by atoms with Crippen molar-refractivity contribution in [3.05, 3.63) is 48.3 Å². The van der Waals surface area contributed by atoms with Gasteiger partial charge in [0, 0.05) is 11.0 Å². The predicted molar refractivity (Wildman–Crippen MR) is 76.1 cm³/mol. The van der Waals surface area contributed by atoms with Crippen molar-refractivity contribution in [1.29, 1.82) is 0 Å². The summed E-state index contributed by atoms with van der Waals surface area (Å²) in [6, 6.07) is 0. The molecule has 122 valence electrons. The molecule has 0 aromatic heterocycles. The molecule has 1 aliphatic carbocycles. The third kappa shape index (κ3) is 2.72. The van der Waals surface area contributed by atoms with Gasteiger partial charge in [-0.2, -0.15) is 21.6 Å². The van der Waals surface area contributed by atoms with Crippen LogP contribution in [-0.4, -0.2) is 27.0 Å². The van der Waals surface area contributed by atoms with Gasteiger partial charge in [-0.15, -0.1) is 0 Å². The van der Waals surface area contributed by atoms with Crippen LogP contribution in [0.5, 0.6) is 0 Å². The van der Waals surface area contributed by atoms with Crippen LogP contribution in [0.2, 0.25) is 0 Å². The monoisotopic (exact) mass is 335 g/mol. The van der Waals surface area contributed by atoms with E-state index in [9.17, 15) is 21.6 Å². The molecule has 0 atom stereocenters. The Labute approximate surface area is 127 Å². The first-order valence-corrected chi connectivity index (χ1v) is 8.02. The molecule has 2 rings (SSSR count). The number of nitrogens with one attached hydrogen (secondary N) is 1. The van der Waals surface area contributed by atoms with E-state index in [1.54, 1.807) is 0 Å². The molecule has 0 aromatic rings. The highest BCUT2D eigenvalue weighted by Gasteiger charge is 2.50. The quantitative estimate of drug-likeness (QED) is 0.634. The Bertz CT molecular complexity index is 653. The van der Waals surface area contributed by atoms with Gasteiger partial charge in [-0.3, -0.25) is 0 Å². The molecule has 1 saturated heterocycles. The molecule has 0 bridgehead atoms. The van der Waals surface area contributed by atoms with Crippen LogP contribution in [0, 0.1) is 5.41 Å². The van der Waals surface area contributed by atoms with E-state index >= 15 is 0 Å². The van der Waals surface area contributed by atoms with E-state index in [1.165, 1.54) is 18.2 Å². The van der Waals surface area contributed by atoms with Crippen LogP contribution in [-0.2, 0) is 14.3 Å². The second-order valence-corrected chi connectivity index (χ2v) is 6.67. The fourth-order valence-electron chi connectivity index (χ4n) is 2.85. The maximum atomic E-state index is 12.5. The normalized spacial score (nSPS) is 21.7. The van der Waals surface area contributed by atoms with Crippen molar-refractivity contribution in [3.63, 3.8) is 0 Å². The number of hydrogen-bond donors (Lipinski definition) is 1. The Morgan fingerprint density at radius 3 is 2.27 bits per heavy atom. The smallest absolute Gasteiger partial charge is 0.376 e. The maximum Gasteiger partial charge on any atom is 0.534 e. The minimum Gasteiger partial charge on any atom is -0.376 e. The first kappa shape index (κ1) is 16.8. The molecule has 1 fully saturated rings. The molecule has 1 heterocycles. The molecule has 1 spiro atoms. The summed E-state index contributed by atoms with van der Waals surface area (Å²) >= 11 is 0. The zero-order chi connectivity index (χ0) is 16.6. The number of halogens is 3. The molecule has 0 aromatic carbocycles. The summed E-state index contributed by atoms with van der Waals surface area (Å²) in [6.45, 7) is 8.56. The van der Waals surface area contributed by atoms with Gasteiger partial charge in [-0.1, -0.05) is 25.3 Å². The highest BCUT2D eigenvalue weighted by Crippen LogP contribution is 2.49. The van der Waals surface area contributed by atoms with Crippen LogP contribution in [0.15, 0.2) is 48.3 Å². The average Bonchev–Trinajstić information content (AvgIpc) is 2.69. The van der Waals surface area contributed by atoms with Crippen molar-refractivity contribution < 1.29 is 25.8 Å². The van der Waals surface area contributed by atoms with Crippen molar-refractivity contribution in [2.45, 2.75) is 18.3 Å². The number of allylic oxidation sites excluding steroid dienone is 4. The third-order valence-electron chi connectivity index (χ3n) is 3.89. The van der Waals surface area contributed by atoms with Crippen molar-refractivity contribution in [2.75, 3.05) is 13.1 Å². The van der Waals surface area contributed by atoms with Crippen LogP contribution in [0.25, 0.3) is 0 Å². The van der Waals surface area contributed by atoms with Gasteiger partial charge in [0.2, 0.25) is 0 Å². The lowest BCUT2D eigenvalue weighted by atomic mass is 9.74. The summed E-state index contributed by atoms with van der Waals surface area (Å²) in [5, 5.41) is 3.15. The van der Waals surface area contributed by atoms with E-state index in [0.717, 1.165) is 0 Å². The molecule has 0 saturated carbocycles. The lowest BCUT2D eigenvalue weighted by Gasteiger charge is -2.34. The van der Waals surface area contributed by atoms with Crippen molar-refractivity contribution in [3.8, 4) is 0 Å². The topological polar surface area (TPSA) is 55.4 Å². The highest BCUT2D eigenvalue weighted by molar-refractivity contribution is 7.87. The fourth-order valence-corrected chi connectivity index (χ4v) is 3.32. The van der Waals surface area contributed by atoms with Gasteiger partial charge in [0.25, 0.3) is 0 Å². The molecule has 0 amide bonds. The lowest BCUT2D eigenvalue weighted by molar-refractivity contribution is -0.0520. The number of hydrogen-bond acceptors (Lipinski definition) is 4. The summed E-state index contributed by atoms with van der Waals surface area (Å²) in [6.07, 6.45) is 5.50. The van der Waals surface area contributed by atoms with Gasteiger partial charge in [-0.25, -0.2) is 0 Å². The third-order valence-corrected chi connectivity index (χ3v) is 4.85. The second-order valence-electron chi connectivity index (χ2n) is 5.13. The fraction of sp³-hybridized carbons (Fsp3) is 0.429. The molecule has 2 aliphatic rings. The number of piperidine rings is 1. The summed E-state index contributed by atoms with van der Waals surface area (Å²) in [5.74, 6) is -0.330. The van der Waals surface area contributed by atoms with Crippen LogP contribution < -0.4 is 5.32 Å². The zero-order valence-corrected chi connectivity index (χ0v) is 12.6. The van der Waals surface area contributed by atoms with Crippen LogP contribution >= 0.6 is 0 Å². The SMILES string of the molecule is C=CC1=C(C=C)C2(C=C1OS(=O)(=O)C(F)(F)F)CCNCC2. The summed E-state index contributed by atoms with van der Waals surface area (Å²) in [4.78, 5) is 0. The van der Waals surface area contributed by atoms with Gasteiger partial charge >= 0.3 is 15.6 Å². The summed E-state index contributed by atoms with van der Waals surface area (Å²) < 4.78 is 64.4. The van der Waals surface area contributed by atoms with Crippen molar-refractivity contribution >= 4 is 10.1 Å². The first-order valence-electron chi connectivity index (χ1n) is 6.61. The molecule has 22 heavy (non-hydrogen) atoms. The van der Waals surface area contributed by atoms with E-state index in [0.29, 0.717) is 31.5 Å². The van der Waals surface area contributed by atoms with E-state index in [4.69, 9.17) is 0 Å². The van der Waals surface area contributed by atoms with Gasteiger partial charge < -0.3 is 9.50 Å². The largest absolute Gasteiger partial charge is 0.534 e. The Kier molecular flexibility index (Phi) is 4.27. The Morgan fingerprint density at radius 1 is 1.23 bits per heavy atom. The summed E-state index contributed by atoms with van der Waals surface area (Å²) in [5.41, 5.74) is -5.15. The maximum absolute atomic E-state index is 12.5. The molecule has 8 heteroatoms. The van der Waals surface area contributed by atoms with E-state index in [2.05, 4.69) is 22.7 Å². The van der Waals surface area contributed by atoms with Crippen LogP contribution in [0.1, 0.15) is 12.8 Å². The van der Waals surface area contributed by atoms with E-state index < -0.39 is 21.0 Å². The minimum atomic E-state index is -5.71. The Balaban J connectivity index is 2.47. The molecule has 0 radical (unpaired) electrons. The standard InChI is InChI=1S/C14H16F3NO3S/c1-3-10-11(4-2)13(5-7-18-8-6-13)9-12(10)21-22(19,20)14(15,16)17/h3-4,9,18H,1-2,5-8H2. The first-order chi connectivity index (χ1) is 10.2. The predicted octanol–water partition coefficient (Wildman–Crippen LogP) is 2.79. The van der Waals surface area contributed by atoms with Crippen LogP contribution in [0.4, 0.5) is 13.2 Å². The van der Waals surface area contributed by atoms with Crippen molar-refractivity contribution in [2.24, 2.45) is 5.41 Å². The van der Waals surface area contributed by atoms with Crippen LogP contribution in [0.3, 0.4) is 0 Å². The Hall–Kier alpha value is -1.54. The molecule has 4 nitrogen and oxygen atoms in total. The molecule has 0 unspecified atom stereocenters. The lowest BCUT2D eigenvalue weighted by Crippen LogP contribution is -2.35. The number of alkyl halides is 3. The van der Waals surface area contributed by atoms with Gasteiger partial charge in [0.05, 0.1) is 0 Å². The van der Waals surface area contributed by atoms with E-state index in [-0.39, 0.29) is 11.3 Å². The van der Waals surface area contributed by atoms with Gasteiger partial charge in [-0.05, 0) is 37.6 Å². The minimum absolute atomic E-state index is 0.240. The van der Waals surface area contributed by atoms with Gasteiger partial charge in [0.1, 0.15) is 5.76 Å².